The Kier molecular flexibility index (Phi) is 3.71. The van der Waals surface area contributed by atoms with Gasteiger partial charge in [0.15, 0.2) is 0 Å². The first-order valence-electron chi connectivity index (χ1n) is 6.27. The van der Waals surface area contributed by atoms with E-state index >= 15 is 0 Å². The molecule has 0 bridgehead atoms. The molecular formula is C13H18N4O2S. The standard InChI is InChI=1S/C13H18N4O2S/c1-4-10-7-15-16-13(10)17-20(18,19)12-8(2)5-11(14)6-9(12)3/h5-7H,4,14H2,1-3H3,(H2,15,16,17). The molecule has 1 heterocycles. The van der Waals surface area contributed by atoms with E-state index in [1.165, 1.54) is 0 Å². The molecule has 2 rings (SSSR count). The summed E-state index contributed by atoms with van der Waals surface area (Å²) in [7, 11) is -3.67. The van der Waals surface area contributed by atoms with E-state index < -0.39 is 10.0 Å². The Morgan fingerprint density at radius 2 is 1.90 bits per heavy atom. The molecule has 20 heavy (non-hydrogen) atoms. The van der Waals surface area contributed by atoms with Gasteiger partial charge in [0.25, 0.3) is 10.0 Å². The molecule has 2 aromatic rings. The molecule has 0 amide bonds. The lowest BCUT2D eigenvalue weighted by Crippen LogP contribution is -2.17. The van der Waals surface area contributed by atoms with Crippen molar-refractivity contribution in [3.05, 3.63) is 35.0 Å². The molecule has 1 aromatic heterocycles. The van der Waals surface area contributed by atoms with Gasteiger partial charge in [-0.05, 0) is 43.5 Å². The van der Waals surface area contributed by atoms with Crippen molar-refractivity contribution in [2.45, 2.75) is 32.1 Å². The van der Waals surface area contributed by atoms with Crippen LogP contribution in [0.4, 0.5) is 11.5 Å². The van der Waals surface area contributed by atoms with Crippen molar-refractivity contribution in [3.63, 3.8) is 0 Å². The largest absolute Gasteiger partial charge is 0.399 e. The number of anilines is 2. The van der Waals surface area contributed by atoms with E-state index in [1.807, 2.05) is 6.92 Å². The Morgan fingerprint density at radius 1 is 1.30 bits per heavy atom. The molecule has 7 heteroatoms. The predicted molar refractivity (Wildman–Crippen MR) is 79.1 cm³/mol. The number of benzene rings is 1. The summed E-state index contributed by atoms with van der Waals surface area (Å²) in [5, 5.41) is 6.53. The van der Waals surface area contributed by atoms with Crippen LogP contribution in [0.3, 0.4) is 0 Å². The van der Waals surface area contributed by atoms with E-state index in [9.17, 15) is 8.42 Å². The highest BCUT2D eigenvalue weighted by Gasteiger charge is 2.21. The number of nitrogen functional groups attached to an aromatic ring is 1. The fourth-order valence-corrected chi connectivity index (χ4v) is 3.77. The van der Waals surface area contributed by atoms with Gasteiger partial charge in [-0.1, -0.05) is 6.92 Å². The van der Waals surface area contributed by atoms with Crippen LogP contribution in [0.25, 0.3) is 0 Å². The van der Waals surface area contributed by atoms with E-state index in [4.69, 9.17) is 5.73 Å². The number of hydrogen-bond acceptors (Lipinski definition) is 4. The summed E-state index contributed by atoms with van der Waals surface area (Å²) in [5.41, 5.74) is 8.33. The number of nitrogens with one attached hydrogen (secondary N) is 2. The number of aryl methyl sites for hydroxylation is 3. The third kappa shape index (κ3) is 2.62. The second-order valence-corrected chi connectivity index (χ2v) is 6.33. The lowest BCUT2D eigenvalue weighted by atomic mass is 10.1. The van der Waals surface area contributed by atoms with Crippen molar-refractivity contribution in [3.8, 4) is 0 Å². The first-order valence-corrected chi connectivity index (χ1v) is 7.75. The molecule has 6 nitrogen and oxygen atoms in total. The van der Waals surface area contributed by atoms with Gasteiger partial charge >= 0.3 is 0 Å². The first kappa shape index (κ1) is 14.4. The molecule has 1 aromatic carbocycles. The molecule has 0 fully saturated rings. The zero-order valence-electron chi connectivity index (χ0n) is 11.7. The number of aromatic nitrogens is 2. The van der Waals surface area contributed by atoms with Gasteiger partial charge in [-0.15, -0.1) is 0 Å². The van der Waals surface area contributed by atoms with Crippen molar-refractivity contribution >= 4 is 21.5 Å². The zero-order chi connectivity index (χ0) is 14.9. The van der Waals surface area contributed by atoms with Crippen molar-refractivity contribution in [2.24, 2.45) is 0 Å². The van der Waals surface area contributed by atoms with Gasteiger partial charge in [0.2, 0.25) is 0 Å². The minimum atomic E-state index is -3.67. The monoisotopic (exact) mass is 294 g/mol. The third-order valence-electron chi connectivity index (χ3n) is 3.09. The maximum atomic E-state index is 12.5. The maximum absolute atomic E-state index is 12.5. The molecule has 0 spiro atoms. The topological polar surface area (TPSA) is 101 Å². The van der Waals surface area contributed by atoms with Crippen LogP contribution < -0.4 is 10.5 Å². The van der Waals surface area contributed by atoms with Crippen LogP contribution in [0.1, 0.15) is 23.6 Å². The Hall–Kier alpha value is -2.02. The average Bonchev–Trinajstić information content (AvgIpc) is 2.73. The number of nitrogens with zero attached hydrogens (tertiary/aromatic N) is 1. The van der Waals surface area contributed by atoms with Crippen LogP contribution in [0, 0.1) is 13.8 Å². The second-order valence-electron chi connectivity index (χ2n) is 4.71. The Labute approximate surface area is 118 Å². The second kappa shape index (κ2) is 5.16. The molecule has 0 aliphatic rings. The minimum Gasteiger partial charge on any atom is -0.399 e. The van der Waals surface area contributed by atoms with E-state index in [-0.39, 0.29) is 4.90 Å². The van der Waals surface area contributed by atoms with Crippen LogP contribution in [-0.2, 0) is 16.4 Å². The summed E-state index contributed by atoms with van der Waals surface area (Å²) in [4.78, 5) is 0.253. The zero-order valence-corrected chi connectivity index (χ0v) is 12.5. The number of aromatic amines is 1. The highest BCUT2D eigenvalue weighted by Crippen LogP contribution is 2.25. The Balaban J connectivity index is 2.46. The molecule has 0 aliphatic heterocycles. The summed E-state index contributed by atoms with van der Waals surface area (Å²) in [6.45, 7) is 5.39. The molecular weight excluding hydrogens is 276 g/mol. The highest BCUT2D eigenvalue weighted by molar-refractivity contribution is 7.92. The summed E-state index contributed by atoms with van der Waals surface area (Å²) in [6, 6.07) is 3.30. The molecule has 0 aliphatic carbocycles. The van der Waals surface area contributed by atoms with E-state index in [1.54, 1.807) is 32.2 Å². The average molecular weight is 294 g/mol. The number of nitrogens with two attached hydrogens (primary N) is 1. The predicted octanol–water partition coefficient (Wildman–Crippen LogP) is 1.97. The molecule has 0 atom stereocenters. The van der Waals surface area contributed by atoms with E-state index in [2.05, 4.69) is 14.9 Å². The van der Waals surface area contributed by atoms with Crippen molar-refractivity contribution in [1.29, 1.82) is 0 Å². The van der Waals surface area contributed by atoms with Gasteiger partial charge in [0, 0.05) is 11.3 Å². The third-order valence-corrected chi connectivity index (χ3v) is 4.74. The van der Waals surface area contributed by atoms with Gasteiger partial charge in [-0.3, -0.25) is 9.82 Å². The normalized spacial score (nSPS) is 11.6. The number of H-pyrrole nitrogens is 1. The smallest absolute Gasteiger partial charge is 0.263 e. The molecule has 0 unspecified atom stereocenters. The summed E-state index contributed by atoms with van der Waals surface area (Å²) >= 11 is 0. The Morgan fingerprint density at radius 3 is 2.45 bits per heavy atom. The van der Waals surface area contributed by atoms with E-state index in [0.29, 0.717) is 29.1 Å². The maximum Gasteiger partial charge on any atom is 0.263 e. The first-order chi connectivity index (χ1) is 9.35. The SMILES string of the molecule is CCc1cn[nH]c1NS(=O)(=O)c1c(C)cc(N)cc1C. The van der Waals surface area contributed by atoms with E-state index in [0.717, 1.165) is 5.56 Å². The van der Waals surface area contributed by atoms with Gasteiger partial charge in [-0.25, -0.2) is 8.42 Å². The molecule has 4 N–H and O–H groups in total. The fraction of sp³-hybridized carbons (Fsp3) is 0.308. The van der Waals surface area contributed by atoms with Gasteiger partial charge in [0.05, 0.1) is 11.1 Å². The van der Waals surface area contributed by atoms with Crippen LogP contribution in [0.2, 0.25) is 0 Å². The quantitative estimate of drug-likeness (QED) is 0.750. The molecule has 0 saturated heterocycles. The van der Waals surface area contributed by atoms with Crippen molar-refractivity contribution in [1.82, 2.24) is 10.2 Å². The van der Waals surface area contributed by atoms with Crippen LogP contribution in [0.15, 0.2) is 23.2 Å². The minimum absolute atomic E-state index is 0.253. The highest BCUT2D eigenvalue weighted by atomic mass is 32.2. The van der Waals surface area contributed by atoms with Crippen molar-refractivity contribution in [2.75, 3.05) is 10.5 Å². The van der Waals surface area contributed by atoms with Crippen molar-refractivity contribution < 1.29 is 8.42 Å². The Bertz CT molecular complexity index is 712. The number of sulfonamides is 1. The van der Waals surface area contributed by atoms with Crippen LogP contribution in [-0.4, -0.2) is 18.6 Å². The lowest BCUT2D eigenvalue weighted by molar-refractivity contribution is 0.599. The summed E-state index contributed by atoms with van der Waals surface area (Å²) in [5.74, 6) is 0.406. The lowest BCUT2D eigenvalue weighted by Gasteiger charge is -2.13. The summed E-state index contributed by atoms with van der Waals surface area (Å²) in [6.07, 6.45) is 2.30. The van der Waals surface area contributed by atoms with Gasteiger partial charge in [-0.2, -0.15) is 5.10 Å². The number of rotatable bonds is 4. The molecule has 108 valence electrons. The molecule has 0 saturated carbocycles. The van der Waals surface area contributed by atoms with Crippen LogP contribution in [0.5, 0.6) is 0 Å². The molecule has 0 radical (unpaired) electrons. The van der Waals surface area contributed by atoms with Crippen LogP contribution >= 0.6 is 0 Å². The summed E-state index contributed by atoms with van der Waals surface area (Å²) < 4.78 is 27.6. The number of hydrogen-bond donors (Lipinski definition) is 3. The van der Waals surface area contributed by atoms with Gasteiger partial charge in [0.1, 0.15) is 5.82 Å². The van der Waals surface area contributed by atoms with Gasteiger partial charge < -0.3 is 5.73 Å². The fourth-order valence-electron chi connectivity index (χ4n) is 2.26.